The van der Waals surface area contributed by atoms with E-state index in [1.54, 1.807) is 35.5 Å². The molecule has 5 aromatic carbocycles. The summed E-state index contributed by atoms with van der Waals surface area (Å²) in [6.07, 6.45) is 4.30. The van der Waals surface area contributed by atoms with Gasteiger partial charge in [-0.05, 0) is 95.1 Å². The highest BCUT2D eigenvalue weighted by Gasteiger charge is 2.14. The minimum atomic E-state index is 0.780. The maximum Gasteiger partial charge on any atom is 0.119 e. The molecule has 0 atom stereocenters. The topological polar surface area (TPSA) is 49.4 Å². The van der Waals surface area contributed by atoms with Gasteiger partial charge in [0.25, 0.3) is 0 Å². The van der Waals surface area contributed by atoms with Gasteiger partial charge in [0, 0.05) is 29.2 Å². The summed E-state index contributed by atoms with van der Waals surface area (Å²) in [4.78, 5) is 2.15. The lowest BCUT2D eigenvalue weighted by molar-refractivity contribution is 0.414. The number of methoxy groups -OCH3 is 5. The van der Waals surface area contributed by atoms with E-state index in [0.717, 1.165) is 67.8 Å². The van der Waals surface area contributed by atoms with Crippen LogP contribution in [0.4, 0.5) is 5.69 Å². The summed E-state index contributed by atoms with van der Waals surface area (Å²) >= 11 is 0. The van der Waals surface area contributed by atoms with Gasteiger partial charge in [-0.2, -0.15) is 0 Å². The van der Waals surface area contributed by atoms with Crippen molar-refractivity contribution in [3.05, 3.63) is 156 Å². The zero-order valence-corrected chi connectivity index (χ0v) is 26.2. The lowest BCUT2D eigenvalue weighted by Gasteiger charge is -2.22. The van der Waals surface area contributed by atoms with Crippen LogP contribution in [0.25, 0.3) is 11.1 Å². The summed E-state index contributed by atoms with van der Waals surface area (Å²) < 4.78 is 27.3. The van der Waals surface area contributed by atoms with Crippen LogP contribution in [0.3, 0.4) is 0 Å². The SMILES string of the molecule is COc1ccc(C(=CN(C=C(c2ccc(OC)cc2)c2ccc(OC)cc2)c2ccc(OC)cc2)c2ccc(OC)cc2)cc1. The van der Waals surface area contributed by atoms with Gasteiger partial charge < -0.3 is 28.6 Å². The third kappa shape index (κ3) is 7.48. The number of ether oxygens (including phenoxy) is 5. The van der Waals surface area contributed by atoms with Crippen molar-refractivity contribution >= 4 is 16.8 Å². The number of hydrogen-bond donors (Lipinski definition) is 0. The summed E-state index contributed by atoms with van der Waals surface area (Å²) in [7, 11) is 8.36. The molecule has 0 spiro atoms. The Morgan fingerprint density at radius 1 is 0.356 bits per heavy atom. The maximum atomic E-state index is 5.48. The number of rotatable bonds is 12. The van der Waals surface area contributed by atoms with Crippen LogP contribution in [0.5, 0.6) is 28.7 Å². The summed E-state index contributed by atoms with van der Waals surface area (Å²) in [5.74, 6) is 3.95. The highest BCUT2D eigenvalue weighted by molar-refractivity contribution is 5.86. The molecule has 0 saturated heterocycles. The minimum Gasteiger partial charge on any atom is -0.497 e. The van der Waals surface area contributed by atoms with E-state index in [9.17, 15) is 0 Å². The molecule has 0 amide bonds. The van der Waals surface area contributed by atoms with E-state index >= 15 is 0 Å². The number of nitrogens with zero attached hydrogens (tertiary/aromatic N) is 1. The Morgan fingerprint density at radius 2 is 0.578 bits per heavy atom. The van der Waals surface area contributed by atoms with Crippen LogP contribution in [0.1, 0.15) is 22.3 Å². The normalized spacial score (nSPS) is 10.3. The van der Waals surface area contributed by atoms with Crippen molar-refractivity contribution in [2.24, 2.45) is 0 Å². The Hall–Kier alpha value is -5.62. The van der Waals surface area contributed by atoms with Crippen molar-refractivity contribution in [2.45, 2.75) is 0 Å². The summed E-state index contributed by atoms with van der Waals surface area (Å²) in [5, 5.41) is 0. The fourth-order valence-electron chi connectivity index (χ4n) is 4.93. The molecule has 0 fully saturated rings. The molecule has 0 aromatic heterocycles. The summed E-state index contributed by atoms with van der Waals surface area (Å²) in [6, 6.07) is 40.3. The molecule has 228 valence electrons. The van der Waals surface area contributed by atoms with Gasteiger partial charge in [0.1, 0.15) is 28.7 Å². The molecule has 0 bridgehead atoms. The van der Waals surface area contributed by atoms with E-state index in [2.05, 4.69) is 65.8 Å². The van der Waals surface area contributed by atoms with Gasteiger partial charge in [-0.25, -0.2) is 0 Å². The Morgan fingerprint density at radius 3 is 0.800 bits per heavy atom. The van der Waals surface area contributed by atoms with Crippen LogP contribution < -0.4 is 28.6 Å². The number of benzene rings is 5. The molecule has 6 heteroatoms. The molecule has 5 rings (SSSR count). The molecule has 0 N–H and O–H groups in total. The van der Waals surface area contributed by atoms with Gasteiger partial charge in [-0.15, -0.1) is 0 Å². The van der Waals surface area contributed by atoms with Gasteiger partial charge in [0.05, 0.1) is 35.5 Å². The van der Waals surface area contributed by atoms with Crippen LogP contribution in [-0.2, 0) is 0 Å². The molecule has 0 unspecified atom stereocenters. The standard InChI is InChI=1S/C39H37NO5/c1-41-33-16-6-28(7-17-33)38(29-8-18-34(42-2)19-9-29)26-40(32-14-24-37(45-5)25-15-32)27-39(30-10-20-35(43-3)21-11-30)31-12-22-36(44-4)23-13-31/h6-27H,1-5H3. The quantitative estimate of drug-likeness (QED) is 0.143. The molecule has 6 nitrogen and oxygen atoms in total. The molecular weight excluding hydrogens is 562 g/mol. The Bertz CT molecular complexity index is 1520. The van der Waals surface area contributed by atoms with Gasteiger partial charge in [-0.3, -0.25) is 0 Å². The monoisotopic (exact) mass is 599 g/mol. The molecule has 45 heavy (non-hydrogen) atoms. The van der Waals surface area contributed by atoms with Crippen LogP contribution >= 0.6 is 0 Å². The zero-order valence-electron chi connectivity index (χ0n) is 26.2. The second kappa shape index (κ2) is 14.7. The predicted molar refractivity (Wildman–Crippen MR) is 182 cm³/mol. The van der Waals surface area contributed by atoms with Crippen molar-refractivity contribution < 1.29 is 23.7 Å². The Balaban J connectivity index is 1.74. The highest BCUT2D eigenvalue weighted by atomic mass is 16.5. The number of hydrogen-bond acceptors (Lipinski definition) is 6. The third-order valence-electron chi connectivity index (χ3n) is 7.51. The van der Waals surface area contributed by atoms with Crippen molar-refractivity contribution in [1.82, 2.24) is 0 Å². The van der Waals surface area contributed by atoms with Crippen LogP contribution in [0.15, 0.2) is 134 Å². The highest BCUT2D eigenvalue weighted by Crippen LogP contribution is 2.33. The second-order valence-corrected chi connectivity index (χ2v) is 10.1. The van der Waals surface area contributed by atoms with Crippen molar-refractivity contribution in [3.8, 4) is 28.7 Å². The summed E-state index contributed by atoms with van der Waals surface area (Å²) in [6.45, 7) is 0. The molecular formula is C39H37NO5. The average molecular weight is 600 g/mol. The Labute approximate surface area is 265 Å². The fraction of sp³-hybridized carbons (Fsp3) is 0.128. The van der Waals surface area contributed by atoms with E-state index in [1.807, 2.05) is 72.8 Å². The van der Waals surface area contributed by atoms with E-state index in [0.29, 0.717) is 0 Å². The van der Waals surface area contributed by atoms with Gasteiger partial charge in [0.2, 0.25) is 0 Å². The number of anilines is 1. The molecule has 0 aliphatic heterocycles. The molecule has 0 aliphatic carbocycles. The van der Waals surface area contributed by atoms with E-state index in [-0.39, 0.29) is 0 Å². The van der Waals surface area contributed by atoms with Crippen molar-refractivity contribution in [1.29, 1.82) is 0 Å². The third-order valence-corrected chi connectivity index (χ3v) is 7.51. The average Bonchev–Trinajstić information content (AvgIpc) is 3.12. The van der Waals surface area contributed by atoms with E-state index in [1.165, 1.54) is 0 Å². The maximum absolute atomic E-state index is 5.48. The molecule has 0 saturated carbocycles. The van der Waals surface area contributed by atoms with E-state index < -0.39 is 0 Å². The molecule has 5 aromatic rings. The molecule has 0 radical (unpaired) electrons. The van der Waals surface area contributed by atoms with Gasteiger partial charge >= 0.3 is 0 Å². The van der Waals surface area contributed by atoms with Crippen molar-refractivity contribution in [3.63, 3.8) is 0 Å². The van der Waals surface area contributed by atoms with Crippen LogP contribution in [-0.4, -0.2) is 35.5 Å². The van der Waals surface area contributed by atoms with Crippen LogP contribution in [0.2, 0.25) is 0 Å². The first-order valence-corrected chi connectivity index (χ1v) is 14.5. The predicted octanol–water partition coefficient (Wildman–Crippen LogP) is 8.71. The van der Waals surface area contributed by atoms with Gasteiger partial charge in [0.15, 0.2) is 0 Å². The minimum absolute atomic E-state index is 0.780. The largest absolute Gasteiger partial charge is 0.497 e. The molecule has 0 heterocycles. The summed E-state index contributed by atoms with van der Waals surface area (Å²) in [5.41, 5.74) is 7.10. The Kier molecular flexibility index (Phi) is 10.1. The first-order valence-electron chi connectivity index (χ1n) is 14.5. The zero-order chi connectivity index (χ0) is 31.6. The lowest BCUT2D eigenvalue weighted by Crippen LogP contribution is -2.11. The first-order chi connectivity index (χ1) is 22.0. The van der Waals surface area contributed by atoms with Crippen LogP contribution in [0, 0.1) is 0 Å². The van der Waals surface area contributed by atoms with Gasteiger partial charge in [-0.1, -0.05) is 48.5 Å². The smallest absolute Gasteiger partial charge is 0.119 e. The second-order valence-electron chi connectivity index (χ2n) is 10.1. The fourth-order valence-corrected chi connectivity index (χ4v) is 4.93. The van der Waals surface area contributed by atoms with E-state index in [4.69, 9.17) is 23.7 Å². The molecule has 0 aliphatic rings. The van der Waals surface area contributed by atoms with Crippen molar-refractivity contribution in [2.75, 3.05) is 40.4 Å². The lowest BCUT2D eigenvalue weighted by atomic mass is 9.97. The first kappa shape index (κ1) is 30.8.